The Kier molecular flexibility index (Phi) is 9.85. The smallest absolute Gasteiger partial charge is 0.413 e. The van der Waals surface area contributed by atoms with Crippen LogP contribution in [0.15, 0.2) is 0 Å². The SMILES string of the molecule is CN(C(=O)CCC(NC(=S)NC(=O)OC(C)(C)C)C1CCCCC1)C1CCCCC1. The molecule has 1 atom stereocenters. The van der Waals surface area contributed by atoms with Crippen molar-refractivity contribution in [3.63, 3.8) is 0 Å². The van der Waals surface area contributed by atoms with Crippen LogP contribution in [0.5, 0.6) is 0 Å². The van der Waals surface area contributed by atoms with Crippen LogP contribution < -0.4 is 10.6 Å². The Balaban J connectivity index is 1.89. The van der Waals surface area contributed by atoms with Gasteiger partial charge in [0.15, 0.2) is 5.11 Å². The Labute approximate surface area is 187 Å². The summed E-state index contributed by atoms with van der Waals surface area (Å²) in [5.41, 5.74) is -0.571. The van der Waals surface area contributed by atoms with E-state index in [1.807, 2.05) is 32.7 Å². The number of carbonyl (C=O) groups is 2. The predicted octanol–water partition coefficient (Wildman–Crippen LogP) is 4.91. The fourth-order valence-corrected chi connectivity index (χ4v) is 4.93. The first kappa shape index (κ1) is 24.9. The summed E-state index contributed by atoms with van der Waals surface area (Å²) >= 11 is 5.38. The van der Waals surface area contributed by atoms with E-state index in [0.29, 0.717) is 18.4 Å². The molecule has 0 heterocycles. The summed E-state index contributed by atoms with van der Waals surface area (Å²) < 4.78 is 5.29. The summed E-state index contributed by atoms with van der Waals surface area (Å²) in [5.74, 6) is 0.695. The number of nitrogens with zero attached hydrogens (tertiary/aromatic N) is 1. The molecule has 0 bridgehead atoms. The minimum atomic E-state index is -0.571. The van der Waals surface area contributed by atoms with E-state index in [0.717, 1.165) is 32.1 Å². The summed E-state index contributed by atoms with van der Waals surface area (Å²) in [4.78, 5) is 26.8. The number of nitrogens with one attached hydrogen (secondary N) is 2. The summed E-state index contributed by atoms with van der Waals surface area (Å²) in [6, 6.07) is 0.485. The van der Waals surface area contributed by atoms with Gasteiger partial charge in [-0.1, -0.05) is 38.5 Å². The van der Waals surface area contributed by atoms with Crippen molar-refractivity contribution >= 4 is 29.3 Å². The van der Waals surface area contributed by atoms with Crippen molar-refractivity contribution in [3.05, 3.63) is 0 Å². The van der Waals surface area contributed by atoms with Gasteiger partial charge in [0.25, 0.3) is 0 Å². The van der Waals surface area contributed by atoms with Gasteiger partial charge in [0.2, 0.25) is 5.91 Å². The van der Waals surface area contributed by atoms with Gasteiger partial charge in [-0.05, 0) is 71.0 Å². The van der Waals surface area contributed by atoms with Crippen molar-refractivity contribution in [1.82, 2.24) is 15.5 Å². The number of hydrogen-bond donors (Lipinski definition) is 2. The van der Waals surface area contributed by atoms with Crippen LogP contribution in [0.1, 0.15) is 97.8 Å². The summed E-state index contributed by atoms with van der Waals surface area (Å²) in [7, 11) is 1.95. The van der Waals surface area contributed by atoms with Gasteiger partial charge >= 0.3 is 6.09 Å². The van der Waals surface area contributed by atoms with Gasteiger partial charge in [0.1, 0.15) is 5.60 Å². The normalized spacial score (nSPS) is 19.6. The Bertz CT molecular complexity index is 579. The van der Waals surface area contributed by atoms with Crippen LogP contribution in [-0.4, -0.2) is 46.7 Å². The number of carbonyl (C=O) groups excluding carboxylic acids is 2. The molecule has 0 aliphatic heterocycles. The highest BCUT2D eigenvalue weighted by Gasteiger charge is 2.28. The maximum atomic E-state index is 12.8. The van der Waals surface area contributed by atoms with Gasteiger partial charge in [0.05, 0.1) is 0 Å². The van der Waals surface area contributed by atoms with E-state index in [-0.39, 0.29) is 17.1 Å². The van der Waals surface area contributed by atoms with Crippen molar-refractivity contribution in [2.75, 3.05) is 7.05 Å². The Hall–Kier alpha value is -1.37. The van der Waals surface area contributed by atoms with Crippen LogP contribution in [-0.2, 0) is 9.53 Å². The number of amides is 2. The van der Waals surface area contributed by atoms with Crippen LogP contribution in [0.3, 0.4) is 0 Å². The maximum absolute atomic E-state index is 12.8. The van der Waals surface area contributed by atoms with Crippen LogP contribution in [0.25, 0.3) is 0 Å². The topological polar surface area (TPSA) is 70.7 Å². The standard InChI is InChI=1S/C23H41N3O3S/c1-23(2,3)29-22(28)25-21(30)24-19(17-11-7-5-8-12-17)15-16-20(27)26(4)18-13-9-6-10-14-18/h17-19H,5-16H2,1-4H3,(H2,24,25,28,30). The average molecular weight is 440 g/mol. The third kappa shape index (κ3) is 8.78. The highest BCUT2D eigenvalue weighted by atomic mass is 32.1. The molecule has 30 heavy (non-hydrogen) atoms. The van der Waals surface area contributed by atoms with E-state index in [1.54, 1.807) is 0 Å². The van der Waals surface area contributed by atoms with E-state index < -0.39 is 11.7 Å². The lowest BCUT2D eigenvalue weighted by Crippen LogP contribution is -2.49. The molecular weight excluding hydrogens is 398 g/mol. The molecule has 2 fully saturated rings. The molecule has 2 aliphatic rings. The van der Waals surface area contributed by atoms with E-state index in [2.05, 4.69) is 10.6 Å². The highest BCUT2D eigenvalue weighted by molar-refractivity contribution is 7.80. The molecule has 7 heteroatoms. The second-order valence-electron chi connectivity index (χ2n) is 9.94. The first-order chi connectivity index (χ1) is 14.2. The van der Waals surface area contributed by atoms with E-state index in [9.17, 15) is 9.59 Å². The lowest BCUT2D eigenvalue weighted by molar-refractivity contribution is -0.132. The van der Waals surface area contributed by atoms with Crippen molar-refractivity contribution in [2.24, 2.45) is 5.92 Å². The second-order valence-corrected chi connectivity index (χ2v) is 10.3. The van der Waals surface area contributed by atoms with Crippen LogP contribution in [0.4, 0.5) is 4.79 Å². The van der Waals surface area contributed by atoms with E-state index >= 15 is 0 Å². The molecule has 2 amide bonds. The molecular formula is C23H41N3O3S. The molecule has 2 saturated carbocycles. The van der Waals surface area contributed by atoms with Gasteiger partial charge < -0.3 is 15.0 Å². The van der Waals surface area contributed by atoms with E-state index in [1.165, 1.54) is 38.5 Å². The number of ether oxygens (including phenoxy) is 1. The Morgan fingerprint density at radius 1 is 1.03 bits per heavy atom. The third-order valence-electron chi connectivity index (χ3n) is 6.33. The minimum Gasteiger partial charge on any atom is -0.444 e. The molecule has 6 nitrogen and oxygen atoms in total. The van der Waals surface area contributed by atoms with Gasteiger partial charge in [-0.3, -0.25) is 10.1 Å². The van der Waals surface area contributed by atoms with Crippen LogP contribution in [0.2, 0.25) is 0 Å². The first-order valence-electron chi connectivity index (χ1n) is 11.7. The van der Waals surface area contributed by atoms with Crippen molar-refractivity contribution < 1.29 is 14.3 Å². The van der Waals surface area contributed by atoms with Crippen molar-refractivity contribution in [3.8, 4) is 0 Å². The molecule has 172 valence electrons. The maximum Gasteiger partial charge on any atom is 0.413 e. The molecule has 0 aromatic heterocycles. The van der Waals surface area contributed by atoms with Gasteiger partial charge in [-0.2, -0.15) is 0 Å². The number of rotatable bonds is 6. The zero-order valence-corrected chi connectivity index (χ0v) is 20.1. The zero-order valence-electron chi connectivity index (χ0n) is 19.3. The van der Waals surface area contributed by atoms with Crippen LogP contribution >= 0.6 is 12.2 Å². The predicted molar refractivity (Wildman–Crippen MR) is 124 cm³/mol. The fourth-order valence-electron chi connectivity index (χ4n) is 4.69. The lowest BCUT2D eigenvalue weighted by atomic mass is 9.82. The lowest BCUT2D eigenvalue weighted by Gasteiger charge is -2.34. The van der Waals surface area contributed by atoms with Crippen LogP contribution in [0, 0.1) is 5.92 Å². The summed E-state index contributed by atoms with van der Waals surface area (Å²) in [5, 5.41) is 6.24. The Morgan fingerprint density at radius 3 is 2.17 bits per heavy atom. The average Bonchev–Trinajstić information content (AvgIpc) is 2.70. The number of alkyl carbamates (subject to hydrolysis) is 1. The molecule has 0 aromatic carbocycles. The van der Waals surface area contributed by atoms with Gasteiger partial charge in [0, 0.05) is 25.6 Å². The molecule has 0 spiro atoms. The van der Waals surface area contributed by atoms with Gasteiger partial charge in [-0.25, -0.2) is 4.79 Å². The quantitative estimate of drug-likeness (QED) is 0.576. The summed E-state index contributed by atoms with van der Waals surface area (Å²) in [6.45, 7) is 5.47. The second kappa shape index (κ2) is 11.9. The van der Waals surface area contributed by atoms with Gasteiger partial charge in [-0.15, -0.1) is 0 Å². The van der Waals surface area contributed by atoms with E-state index in [4.69, 9.17) is 17.0 Å². The fraction of sp³-hybridized carbons (Fsp3) is 0.870. The zero-order chi connectivity index (χ0) is 22.1. The summed E-state index contributed by atoms with van der Waals surface area (Å²) in [6.07, 6.45) is 12.6. The van der Waals surface area contributed by atoms with Crippen molar-refractivity contribution in [2.45, 2.75) is 116 Å². The number of hydrogen-bond acceptors (Lipinski definition) is 4. The van der Waals surface area contributed by atoms with Crippen molar-refractivity contribution in [1.29, 1.82) is 0 Å². The highest BCUT2D eigenvalue weighted by Crippen LogP contribution is 2.29. The molecule has 1 unspecified atom stereocenters. The molecule has 0 aromatic rings. The largest absolute Gasteiger partial charge is 0.444 e. The molecule has 2 N–H and O–H groups in total. The first-order valence-corrected chi connectivity index (χ1v) is 12.1. The minimum absolute atomic E-state index is 0.0939. The monoisotopic (exact) mass is 439 g/mol. The molecule has 0 radical (unpaired) electrons. The molecule has 2 aliphatic carbocycles. The number of thiocarbonyl (C=S) groups is 1. The third-order valence-corrected chi connectivity index (χ3v) is 6.55. The molecule has 2 rings (SSSR count). The molecule has 0 saturated heterocycles. The Morgan fingerprint density at radius 2 is 1.60 bits per heavy atom.